The summed E-state index contributed by atoms with van der Waals surface area (Å²) in [7, 11) is -2.30. The molecule has 0 fully saturated rings. The summed E-state index contributed by atoms with van der Waals surface area (Å²) in [6.07, 6.45) is 0. The molecule has 0 amide bonds. The van der Waals surface area contributed by atoms with E-state index in [0.717, 1.165) is 0 Å². The second-order valence-electron chi connectivity index (χ2n) is 4.51. The van der Waals surface area contributed by atoms with Gasteiger partial charge >= 0.3 is 0 Å². The van der Waals surface area contributed by atoms with Crippen molar-refractivity contribution in [1.29, 1.82) is 0 Å². The van der Waals surface area contributed by atoms with Crippen LogP contribution in [-0.2, 0) is 16.6 Å². The number of halogens is 1. The molecule has 2 rings (SSSR count). The number of hydrogen-bond acceptors (Lipinski definition) is 5. The van der Waals surface area contributed by atoms with E-state index in [1.54, 1.807) is 0 Å². The third kappa shape index (κ3) is 3.62. The minimum Gasteiger partial charge on any atom is -0.504 e. The average Bonchev–Trinajstić information content (AvgIpc) is 2.47. The molecule has 22 heavy (non-hydrogen) atoms. The Bertz CT molecular complexity index is 776. The summed E-state index contributed by atoms with van der Waals surface area (Å²) < 4.78 is 31.8. The second-order valence-corrected chi connectivity index (χ2v) is 6.68. The highest BCUT2D eigenvalue weighted by Gasteiger charge is 2.15. The molecule has 2 aromatic carbocycles. The van der Waals surface area contributed by atoms with Gasteiger partial charge in [0.2, 0.25) is 10.0 Å². The first-order chi connectivity index (χ1) is 10.3. The maximum atomic E-state index is 12.2. The van der Waals surface area contributed by atoms with Gasteiger partial charge in [-0.15, -0.1) is 0 Å². The smallest absolute Gasteiger partial charge is 0.240 e. The number of methoxy groups -OCH3 is 1. The molecule has 118 valence electrons. The van der Waals surface area contributed by atoms with Crippen LogP contribution in [0.2, 0.25) is 5.02 Å². The van der Waals surface area contributed by atoms with Crippen LogP contribution in [0.1, 0.15) is 5.56 Å². The quantitative estimate of drug-likeness (QED) is 0.722. The van der Waals surface area contributed by atoms with Crippen LogP contribution in [0.15, 0.2) is 41.3 Å². The van der Waals surface area contributed by atoms with E-state index in [-0.39, 0.29) is 28.0 Å². The number of rotatable bonds is 5. The first-order valence-electron chi connectivity index (χ1n) is 6.24. The van der Waals surface area contributed by atoms with Gasteiger partial charge in [0, 0.05) is 23.3 Å². The molecule has 0 aliphatic heterocycles. The van der Waals surface area contributed by atoms with Gasteiger partial charge in [0.05, 0.1) is 12.0 Å². The molecule has 0 saturated heterocycles. The first kappa shape index (κ1) is 16.4. The number of benzene rings is 2. The van der Waals surface area contributed by atoms with Crippen molar-refractivity contribution in [1.82, 2.24) is 4.72 Å². The lowest BCUT2D eigenvalue weighted by atomic mass is 10.2. The molecule has 4 N–H and O–H groups in total. The average molecular weight is 343 g/mol. The van der Waals surface area contributed by atoms with E-state index in [4.69, 9.17) is 22.1 Å². The molecular formula is C14H15ClN2O4S. The van der Waals surface area contributed by atoms with Crippen LogP contribution in [0.5, 0.6) is 11.5 Å². The fourth-order valence-corrected chi connectivity index (χ4v) is 3.02. The van der Waals surface area contributed by atoms with Gasteiger partial charge in [-0.2, -0.15) is 0 Å². The third-order valence-electron chi connectivity index (χ3n) is 2.99. The Kier molecular flexibility index (Phi) is 4.80. The zero-order valence-electron chi connectivity index (χ0n) is 11.7. The monoisotopic (exact) mass is 342 g/mol. The van der Waals surface area contributed by atoms with Crippen molar-refractivity contribution in [2.45, 2.75) is 11.4 Å². The standard InChI is InChI=1S/C14H15ClN2O4S/c1-21-14-6-9(12(15)7-13(14)18)8-17-22(19,20)11-4-2-10(16)3-5-11/h2-7,17-18H,8,16H2,1H3. The van der Waals surface area contributed by atoms with Gasteiger partial charge in [0.1, 0.15) is 0 Å². The molecule has 0 atom stereocenters. The van der Waals surface area contributed by atoms with Crippen molar-refractivity contribution < 1.29 is 18.3 Å². The molecule has 6 nitrogen and oxygen atoms in total. The minimum atomic E-state index is -3.69. The summed E-state index contributed by atoms with van der Waals surface area (Å²) >= 11 is 5.99. The zero-order valence-corrected chi connectivity index (χ0v) is 13.3. The van der Waals surface area contributed by atoms with E-state index in [1.165, 1.54) is 43.5 Å². The molecule has 0 aliphatic rings. The minimum absolute atomic E-state index is 0.0395. The molecule has 0 spiro atoms. The Morgan fingerprint density at radius 3 is 2.50 bits per heavy atom. The van der Waals surface area contributed by atoms with Crippen LogP contribution in [0.3, 0.4) is 0 Å². The van der Waals surface area contributed by atoms with Crippen LogP contribution in [-0.4, -0.2) is 20.6 Å². The van der Waals surface area contributed by atoms with E-state index in [1.807, 2.05) is 0 Å². The predicted molar refractivity (Wildman–Crippen MR) is 84.5 cm³/mol. The first-order valence-corrected chi connectivity index (χ1v) is 8.10. The second kappa shape index (κ2) is 6.43. The lowest BCUT2D eigenvalue weighted by molar-refractivity contribution is 0.373. The van der Waals surface area contributed by atoms with Gasteiger partial charge in [-0.05, 0) is 35.9 Å². The summed E-state index contributed by atoms with van der Waals surface area (Å²) in [6.45, 7) is -0.0395. The number of nitrogens with one attached hydrogen (secondary N) is 1. The number of phenolic OH excluding ortho intramolecular Hbond substituents is 1. The topological polar surface area (TPSA) is 102 Å². The van der Waals surface area contributed by atoms with Crippen molar-refractivity contribution in [2.24, 2.45) is 0 Å². The zero-order chi connectivity index (χ0) is 16.3. The normalized spacial score (nSPS) is 11.4. The van der Waals surface area contributed by atoms with Gasteiger partial charge in [-0.25, -0.2) is 13.1 Å². The number of nitrogen functional groups attached to an aromatic ring is 1. The van der Waals surface area contributed by atoms with E-state index in [2.05, 4.69) is 4.72 Å². The molecule has 0 heterocycles. The highest BCUT2D eigenvalue weighted by molar-refractivity contribution is 7.89. The van der Waals surface area contributed by atoms with E-state index >= 15 is 0 Å². The molecule has 0 saturated carbocycles. The molecule has 0 unspecified atom stereocenters. The third-order valence-corrected chi connectivity index (χ3v) is 4.76. The molecule has 0 aliphatic carbocycles. The number of aromatic hydroxyl groups is 1. The fourth-order valence-electron chi connectivity index (χ4n) is 1.79. The van der Waals surface area contributed by atoms with Crippen molar-refractivity contribution >= 4 is 27.3 Å². The van der Waals surface area contributed by atoms with Crippen molar-refractivity contribution in [3.63, 3.8) is 0 Å². The Labute approximate surface area is 133 Å². The summed E-state index contributed by atoms with van der Waals surface area (Å²) in [5.41, 5.74) is 6.49. The summed E-state index contributed by atoms with van der Waals surface area (Å²) in [5.74, 6) is 0.101. The lowest BCUT2D eigenvalue weighted by Crippen LogP contribution is -2.23. The van der Waals surface area contributed by atoms with Gasteiger partial charge in [0.15, 0.2) is 11.5 Å². The summed E-state index contributed by atoms with van der Waals surface area (Å²) in [5, 5.41) is 9.82. The molecule has 0 aromatic heterocycles. The number of ether oxygens (including phenoxy) is 1. The van der Waals surface area contributed by atoms with Crippen LogP contribution in [0, 0.1) is 0 Å². The summed E-state index contributed by atoms with van der Waals surface area (Å²) in [4.78, 5) is 0.101. The number of hydrogen-bond donors (Lipinski definition) is 3. The van der Waals surface area contributed by atoms with E-state index in [0.29, 0.717) is 11.3 Å². The highest BCUT2D eigenvalue weighted by atomic mass is 35.5. The lowest BCUT2D eigenvalue weighted by Gasteiger charge is -2.11. The largest absolute Gasteiger partial charge is 0.504 e. The molecule has 0 radical (unpaired) electrons. The van der Waals surface area contributed by atoms with Gasteiger partial charge in [0.25, 0.3) is 0 Å². The van der Waals surface area contributed by atoms with Crippen LogP contribution < -0.4 is 15.2 Å². The Morgan fingerprint density at radius 1 is 1.27 bits per heavy atom. The van der Waals surface area contributed by atoms with Crippen molar-refractivity contribution in [2.75, 3.05) is 12.8 Å². The fraction of sp³-hybridized carbons (Fsp3) is 0.143. The predicted octanol–water partition coefficient (Wildman–Crippen LogP) is 2.11. The Hall–Kier alpha value is -1.96. The molecule has 8 heteroatoms. The molecular weight excluding hydrogens is 328 g/mol. The maximum absolute atomic E-state index is 12.2. The SMILES string of the molecule is COc1cc(CNS(=O)(=O)c2ccc(N)cc2)c(Cl)cc1O. The molecule has 2 aromatic rings. The Morgan fingerprint density at radius 2 is 1.91 bits per heavy atom. The van der Waals surface area contributed by atoms with Gasteiger partial charge in [-0.3, -0.25) is 0 Å². The van der Waals surface area contributed by atoms with Gasteiger partial charge in [-0.1, -0.05) is 11.6 Å². The van der Waals surface area contributed by atoms with Crippen LogP contribution >= 0.6 is 11.6 Å². The van der Waals surface area contributed by atoms with Crippen LogP contribution in [0.4, 0.5) is 5.69 Å². The van der Waals surface area contributed by atoms with Crippen molar-refractivity contribution in [3.05, 3.63) is 47.0 Å². The van der Waals surface area contributed by atoms with Gasteiger partial charge < -0.3 is 15.6 Å². The molecule has 0 bridgehead atoms. The number of anilines is 1. The maximum Gasteiger partial charge on any atom is 0.240 e. The van der Waals surface area contributed by atoms with Crippen molar-refractivity contribution in [3.8, 4) is 11.5 Å². The van der Waals surface area contributed by atoms with E-state index < -0.39 is 10.0 Å². The Balaban J connectivity index is 2.20. The highest BCUT2D eigenvalue weighted by Crippen LogP contribution is 2.32. The summed E-state index contributed by atoms with van der Waals surface area (Å²) in [6, 6.07) is 8.61. The number of sulfonamides is 1. The number of nitrogens with two attached hydrogens (primary N) is 1. The van der Waals surface area contributed by atoms with E-state index in [9.17, 15) is 13.5 Å². The van der Waals surface area contributed by atoms with Crippen LogP contribution in [0.25, 0.3) is 0 Å². The number of phenols is 1.